The molecule has 3 fully saturated rings. The number of amides is 3. The lowest BCUT2D eigenvalue weighted by Crippen LogP contribution is -2.57. The maximum Gasteiger partial charge on any atom is 0.246 e. The predicted molar refractivity (Wildman–Crippen MR) is 158 cm³/mol. The zero-order chi connectivity index (χ0) is 28.3. The van der Waals surface area contributed by atoms with Gasteiger partial charge in [-0.05, 0) is 63.2 Å². The molecule has 0 radical (unpaired) electrons. The number of rotatable bonds is 12. The molecular formula is C31H44N4O4S. The van der Waals surface area contributed by atoms with Crippen molar-refractivity contribution in [1.29, 1.82) is 0 Å². The Balaban J connectivity index is 1.41. The standard InChI is InChI=1S/C31H44N4O4S/c1-4-16-34(17-5-2)18-19-35-27(29(37)32-21-10-7-6-8-11-21)31-15-14-24(39-31)25(26(31)30(35)38)28(36)33-22-12-9-13-23(20-22)40-3/h9,12-15,20-21,24-27H,4-8,10-11,16-19H2,1-3H3,(H,32,37)(H,33,36)/t24-,25-,26-,27-,31-/m0/s1. The highest BCUT2D eigenvalue weighted by Crippen LogP contribution is 2.55. The average Bonchev–Trinajstić information content (AvgIpc) is 3.60. The Bertz CT molecular complexity index is 1120. The number of carbonyl (C=O) groups excluding carboxylic acids is 3. The van der Waals surface area contributed by atoms with Gasteiger partial charge in [0, 0.05) is 29.7 Å². The molecule has 5 rings (SSSR count). The van der Waals surface area contributed by atoms with Crippen molar-refractivity contribution in [3.63, 3.8) is 0 Å². The molecule has 2 bridgehead atoms. The average molecular weight is 569 g/mol. The van der Waals surface area contributed by atoms with Crippen molar-refractivity contribution in [1.82, 2.24) is 15.1 Å². The molecule has 1 spiro atoms. The van der Waals surface area contributed by atoms with Gasteiger partial charge in [-0.3, -0.25) is 14.4 Å². The Kier molecular flexibility index (Phi) is 9.22. The van der Waals surface area contributed by atoms with Crippen LogP contribution in [0.3, 0.4) is 0 Å². The Morgan fingerprint density at radius 1 is 1.10 bits per heavy atom. The molecule has 3 heterocycles. The maximum absolute atomic E-state index is 14.2. The molecule has 218 valence electrons. The zero-order valence-corrected chi connectivity index (χ0v) is 24.9. The van der Waals surface area contributed by atoms with Crippen LogP contribution in [0, 0.1) is 11.8 Å². The number of benzene rings is 1. The number of hydrogen-bond donors (Lipinski definition) is 2. The van der Waals surface area contributed by atoms with E-state index in [1.807, 2.05) is 42.7 Å². The summed E-state index contributed by atoms with van der Waals surface area (Å²) in [6.07, 6.45) is 12.6. The van der Waals surface area contributed by atoms with Crippen molar-refractivity contribution in [2.75, 3.05) is 37.8 Å². The molecule has 0 unspecified atom stereocenters. The van der Waals surface area contributed by atoms with Crippen molar-refractivity contribution in [2.45, 2.75) is 87.5 Å². The van der Waals surface area contributed by atoms with Gasteiger partial charge < -0.3 is 25.2 Å². The van der Waals surface area contributed by atoms with Crippen LogP contribution in [0.5, 0.6) is 0 Å². The van der Waals surface area contributed by atoms with E-state index in [9.17, 15) is 14.4 Å². The van der Waals surface area contributed by atoms with E-state index in [4.69, 9.17) is 4.74 Å². The van der Waals surface area contributed by atoms with E-state index >= 15 is 0 Å². The van der Waals surface area contributed by atoms with Crippen LogP contribution < -0.4 is 10.6 Å². The third-order valence-corrected chi connectivity index (χ3v) is 9.68. The molecule has 2 saturated heterocycles. The van der Waals surface area contributed by atoms with E-state index in [-0.39, 0.29) is 23.8 Å². The second-order valence-electron chi connectivity index (χ2n) is 11.6. The molecule has 1 aromatic rings. The molecule has 2 N–H and O–H groups in total. The topological polar surface area (TPSA) is 91.0 Å². The number of fused-ring (bicyclic) bond motifs is 1. The fraction of sp³-hybridized carbons (Fsp3) is 0.645. The van der Waals surface area contributed by atoms with Crippen LogP contribution in [0.15, 0.2) is 41.3 Å². The monoisotopic (exact) mass is 568 g/mol. The third kappa shape index (κ3) is 5.57. The quantitative estimate of drug-likeness (QED) is 0.292. The van der Waals surface area contributed by atoms with E-state index in [0.717, 1.165) is 56.5 Å². The van der Waals surface area contributed by atoms with E-state index in [2.05, 4.69) is 29.4 Å². The van der Waals surface area contributed by atoms with Gasteiger partial charge in [0.1, 0.15) is 11.6 Å². The first kappa shape index (κ1) is 29.1. The fourth-order valence-corrected chi connectivity index (χ4v) is 7.64. The van der Waals surface area contributed by atoms with Gasteiger partial charge in [0.15, 0.2) is 0 Å². The van der Waals surface area contributed by atoms with Gasteiger partial charge in [-0.2, -0.15) is 0 Å². The van der Waals surface area contributed by atoms with Crippen LogP contribution in [-0.4, -0.2) is 83.7 Å². The minimum atomic E-state index is -1.12. The van der Waals surface area contributed by atoms with Crippen LogP contribution in [-0.2, 0) is 19.1 Å². The number of nitrogens with one attached hydrogen (secondary N) is 2. The second kappa shape index (κ2) is 12.7. The predicted octanol–water partition coefficient (Wildman–Crippen LogP) is 4.07. The summed E-state index contributed by atoms with van der Waals surface area (Å²) in [5.74, 6) is -1.95. The van der Waals surface area contributed by atoms with Crippen LogP contribution in [0.25, 0.3) is 0 Å². The number of carbonyl (C=O) groups is 3. The first-order chi connectivity index (χ1) is 19.4. The molecule has 0 aromatic heterocycles. The highest BCUT2D eigenvalue weighted by molar-refractivity contribution is 7.98. The summed E-state index contributed by atoms with van der Waals surface area (Å²) in [6, 6.07) is 7.03. The van der Waals surface area contributed by atoms with Gasteiger partial charge in [-0.1, -0.05) is 51.3 Å². The summed E-state index contributed by atoms with van der Waals surface area (Å²) in [4.78, 5) is 47.0. The number of thioether (sulfide) groups is 1. The lowest BCUT2D eigenvalue weighted by molar-refractivity contribution is -0.141. The summed E-state index contributed by atoms with van der Waals surface area (Å²) in [5.41, 5.74) is -0.425. The minimum Gasteiger partial charge on any atom is -0.359 e. The molecule has 9 heteroatoms. The molecule has 5 atom stereocenters. The molecule has 1 aromatic carbocycles. The number of hydrogen-bond acceptors (Lipinski definition) is 6. The van der Waals surface area contributed by atoms with Crippen LogP contribution in [0.1, 0.15) is 58.8 Å². The smallest absolute Gasteiger partial charge is 0.246 e. The van der Waals surface area contributed by atoms with Crippen molar-refractivity contribution < 1.29 is 19.1 Å². The summed E-state index contributed by atoms with van der Waals surface area (Å²) in [6.45, 7) is 7.33. The van der Waals surface area contributed by atoms with E-state index in [0.29, 0.717) is 18.8 Å². The zero-order valence-electron chi connectivity index (χ0n) is 24.1. The van der Waals surface area contributed by atoms with Crippen LogP contribution in [0.2, 0.25) is 0 Å². The van der Waals surface area contributed by atoms with Crippen LogP contribution in [0.4, 0.5) is 5.69 Å². The highest BCUT2D eigenvalue weighted by atomic mass is 32.2. The number of anilines is 1. The highest BCUT2D eigenvalue weighted by Gasteiger charge is 2.72. The van der Waals surface area contributed by atoms with E-state index in [1.165, 1.54) is 6.42 Å². The largest absolute Gasteiger partial charge is 0.359 e. The fourth-order valence-electron chi connectivity index (χ4n) is 7.18. The summed E-state index contributed by atoms with van der Waals surface area (Å²) >= 11 is 1.61. The first-order valence-corrected chi connectivity index (χ1v) is 16.3. The molecule has 8 nitrogen and oxygen atoms in total. The number of ether oxygens (including phenoxy) is 1. The van der Waals surface area contributed by atoms with Crippen molar-refractivity contribution in [3.05, 3.63) is 36.4 Å². The SMILES string of the molecule is CCCN(CCC)CCN1C(=O)[C@@H]2[C@@H](C(=O)Nc3cccc(SC)c3)[C@@H]3C=C[C@@]2(O3)[C@@H]1C(=O)NC1CCCCC1. The minimum absolute atomic E-state index is 0.121. The van der Waals surface area contributed by atoms with Gasteiger partial charge in [0.2, 0.25) is 17.7 Å². The second-order valence-corrected chi connectivity index (χ2v) is 12.5. The van der Waals surface area contributed by atoms with Gasteiger partial charge in [-0.25, -0.2) is 0 Å². The Labute approximate surface area is 242 Å². The lowest BCUT2D eigenvalue weighted by atomic mass is 9.74. The lowest BCUT2D eigenvalue weighted by Gasteiger charge is -2.35. The Hall–Kier alpha value is -2.36. The molecule has 1 saturated carbocycles. The maximum atomic E-state index is 14.2. The van der Waals surface area contributed by atoms with E-state index < -0.39 is 29.6 Å². The molecule has 1 aliphatic carbocycles. The summed E-state index contributed by atoms with van der Waals surface area (Å²) in [5, 5.41) is 6.31. The number of nitrogens with zero attached hydrogens (tertiary/aromatic N) is 2. The molecule has 3 aliphatic heterocycles. The molecule has 40 heavy (non-hydrogen) atoms. The van der Waals surface area contributed by atoms with Crippen molar-refractivity contribution in [3.8, 4) is 0 Å². The normalized spacial score (nSPS) is 29.3. The number of likely N-dealkylation sites (tertiary alicyclic amines) is 1. The van der Waals surface area contributed by atoms with Gasteiger partial charge >= 0.3 is 0 Å². The first-order valence-electron chi connectivity index (χ1n) is 15.1. The summed E-state index contributed by atoms with van der Waals surface area (Å²) < 4.78 is 6.51. The van der Waals surface area contributed by atoms with Crippen LogP contribution >= 0.6 is 11.8 Å². The van der Waals surface area contributed by atoms with Gasteiger partial charge in [-0.15, -0.1) is 11.8 Å². The molecule has 4 aliphatic rings. The van der Waals surface area contributed by atoms with E-state index in [1.54, 1.807) is 16.7 Å². The van der Waals surface area contributed by atoms with Gasteiger partial charge in [0.05, 0.1) is 17.9 Å². The molecular weight excluding hydrogens is 524 g/mol. The Morgan fingerprint density at radius 2 is 1.85 bits per heavy atom. The van der Waals surface area contributed by atoms with Gasteiger partial charge in [0.25, 0.3) is 0 Å². The Morgan fingerprint density at radius 3 is 2.55 bits per heavy atom. The summed E-state index contributed by atoms with van der Waals surface area (Å²) in [7, 11) is 0. The molecule has 3 amide bonds. The van der Waals surface area contributed by atoms with Crippen molar-refractivity contribution in [2.24, 2.45) is 11.8 Å². The van der Waals surface area contributed by atoms with Crippen molar-refractivity contribution >= 4 is 35.2 Å². The third-order valence-electron chi connectivity index (χ3n) is 8.95.